The minimum absolute atomic E-state index is 0.00579. The Kier molecular flexibility index (Phi) is 9.06. The number of fused-ring (bicyclic) bond motifs is 1. The predicted octanol–water partition coefficient (Wildman–Crippen LogP) is 4.69. The maximum absolute atomic E-state index is 12.1. The van der Waals surface area contributed by atoms with E-state index >= 15 is 0 Å². The molecule has 0 saturated carbocycles. The summed E-state index contributed by atoms with van der Waals surface area (Å²) in [4.78, 5) is 31.6. The number of ether oxygens (including phenoxy) is 1. The first kappa shape index (κ1) is 29.1. The molecule has 1 aliphatic heterocycles. The first-order valence-electron chi connectivity index (χ1n) is 14.1. The van der Waals surface area contributed by atoms with Gasteiger partial charge in [-0.2, -0.15) is 0 Å². The number of allylic oxidation sites excluding steroid dienone is 1. The molecule has 2 N–H and O–H groups in total. The number of Topliss-reactive ketones (excluding diaryl/α,β-unsaturated/α-hetero) is 1. The van der Waals surface area contributed by atoms with Crippen molar-refractivity contribution in [1.82, 2.24) is 29.9 Å². The molecule has 0 aliphatic carbocycles. The van der Waals surface area contributed by atoms with Crippen LogP contribution in [0.4, 0.5) is 5.82 Å². The van der Waals surface area contributed by atoms with E-state index in [1.165, 1.54) is 5.56 Å². The van der Waals surface area contributed by atoms with Crippen LogP contribution in [0.3, 0.4) is 0 Å². The number of nitrogens with zero attached hydrogens (tertiary/aromatic N) is 6. The van der Waals surface area contributed by atoms with Gasteiger partial charge in [-0.25, -0.2) is 15.0 Å². The average molecular weight is 568 g/mol. The topological polar surface area (TPSA) is 109 Å². The zero-order chi connectivity index (χ0) is 29.6. The third-order valence-corrected chi connectivity index (χ3v) is 7.27. The van der Waals surface area contributed by atoms with Crippen LogP contribution in [0.15, 0.2) is 66.9 Å². The molecule has 0 atom stereocenters. The summed E-state index contributed by atoms with van der Waals surface area (Å²) in [5, 5.41) is 8.90. The second-order valence-electron chi connectivity index (χ2n) is 10.4. The summed E-state index contributed by atoms with van der Waals surface area (Å²) in [5.41, 5.74) is 7.65. The molecule has 2 aromatic carbocycles. The number of hydroxylamine groups is 1. The van der Waals surface area contributed by atoms with E-state index in [0.29, 0.717) is 43.4 Å². The molecule has 42 heavy (non-hydrogen) atoms. The fraction of sp³-hybridized carbons (Fsp3) is 0.312. The molecule has 10 heteroatoms. The van der Waals surface area contributed by atoms with Crippen LogP contribution in [0.5, 0.6) is 0 Å². The number of imidazole rings is 1. The van der Waals surface area contributed by atoms with Crippen LogP contribution < -0.4 is 10.4 Å². The fourth-order valence-electron chi connectivity index (χ4n) is 5.06. The molecule has 0 amide bonds. The smallest absolute Gasteiger partial charge is 0.166 e. The fourth-order valence-corrected chi connectivity index (χ4v) is 5.06. The molecule has 2 aromatic heterocycles. The molecule has 10 nitrogen and oxygen atoms in total. The van der Waals surface area contributed by atoms with E-state index in [9.17, 15) is 4.79 Å². The Morgan fingerprint density at radius 2 is 1.88 bits per heavy atom. The molecule has 1 aliphatic rings. The van der Waals surface area contributed by atoms with Gasteiger partial charge < -0.3 is 14.2 Å². The second kappa shape index (κ2) is 13.1. The van der Waals surface area contributed by atoms with Crippen molar-refractivity contribution in [2.24, 2.45) is 0 Å². The molecule has 3 heterocycles. The van der Waals surface area contributed by atoms with E-state index in [0.717, 1.165) is 53.6 Å². The third kappa shape index (κ3) is 6.57. The lowest BCUT2D eigenvalue weighted by molar-refractivity contribution is 0.101. The van der Waals surface area contributed by atoms with Crippen molar-refractivity contribution in [3.63, 3.8) is 0 Å². The number of carbonyl (C=O) groups excluding carboxylic acids is 1. The molecule has 5 rings (SSSR count). The van der Waals surface area contributed by atoms with E-state index in [1.807, 2.05) is 48.0 Å². The normalized spacial score (nSPS) is 13.8. The largest absolute Gasteiger partial charge is 0.378 e. The van der Waals surface area contributed by atoms with Gasteiger partial charge in [0.05, 0.1) is 25.5 Å². The number of morpholine rings is 1. The number of ketones is 1. The van der Waals surface area contributed by atoms with Crippen molar-refractivity contribution < 1.29 is 14.7 Å². The van der Waals surface area contributed by atoms with Crippen molar-refractivity contribution in [1.29, 1.82) is 0 Å². The number of anilines is 1. The summed E-state index contributed by atoms with van der Waals surface area (Å²) in [6.45, 7) is 12.1. The van der Waals surface area contributed by atoms with Crippen molar-refractivity contribution in [3.05, 3.63) is 89.4 Å². The van der Waals surface area contributed by atoms with Gasteiger partial charge in [0.2, 0.25) is 0 Å². The molecule has 4 aromatic rings. The highest BCUT2D eigenvalue weighted by Crippen LogP contribution is 2.29. The van der Waals surface area contributed by atoms with Gasteiger partial charge in [-0.15, -0.1) is 0 Å². The lowest BCUT2D eigenvalue weighted by atomic mass is 10.1. The van der Waals surface area contributed by atoms with Crippen molar-refractivity contribution >= 4 is 28.8 Å². The van der Waals surface area contributed by atoms with E-state index in [-0.39, 0.29) is 5.78 Å². The SMILES string of the molecule is C=C(/C=C/c1ccc(CN(C)Cc2nc3c(N4CCOCC4)nc(-c4cccc(C(C)=O)c4)nc3n2CC)cc1)NO. The van der Waals surface area contributed by atoms with Crippen LogP contribution in [-0.2, 0) is 24.4 Å². The van der Waals surface area contributed by atoms with Crippen molar-refractivity contribution in [2.45, 2.75) is 33.5 Å². The van der Waals surface area contributed by atoms with Crippen LogP contribution in [0.1, 0.15) is 41.2 Å². The van der Waals surface area contributed by atoms with Gasteiger partial charge in [0, 0.05) is 37.3 Å². The third-order valence-electron chi connectivity index (χ3n) is 7.27. The molecule has 0 radical (unpaired) electrons. The Morgan fingerprint density at radius 1 is 1.12 bits per heavy atom. The Bertz CT molecular complexity index is 1600. The standard InChI is InChI=1S/C32H37N7O3/c1-5-39-28(21-37(4)20-25-13-11-24(12-14-25)10-9-22(2)36-41)33-29-31(38-15-17-42-18-16-38)34-30(35-32(29)39)27-8-6-7-26(19-27)23(3)40/h6-14,19,36,41H,2,5,15-18,20-21H2,1,3-4H3/b10-9+. The zero-order valence-corrected chi connectivity index (χ0v) is 24.4. The summed E-state index contributed by atoms with van der Waals surface area (Å²) in [5.74, 6) is 2.30. The highest BCUT2D eigenvalue weighted by molar-refractivity contribution is 5.95. The van der Waals surface area contributed by atoms with Crippen molar-refractivity contribution in [2.75, 3.05) is 38.3 Å². The quantitative estimate of drug-likeness (QED) is 0.152. The summed E-state index contributed by atoms with van der Waals surface area (Å²) < 4.78 is 7.77. The van der Waals surface area contributed by atoms with Gasteiger partial charge in [-0.05, 0) is 44.2 Å². The van der Waals surface area contributed by atoms with Gasteiger partial charge in [-0.3, -0.25) is 20.4 Å². The van der Waals surface area contributed by atoms with Crippen LogP contribution in [0.2, 0.25) is 0 Å². The highest BCUT2D eigenvalue weighted by atomic mass is 16.5. The number of aromatic nitrogens is 4. The van der Waals surface area contributed by atoms with Crippen molar-refractivity contribution in [3.8, 4) is 11.4 Å². The maximum Gasteiger partial charge on any atom is 0.166 e. The van der Waals surface area contributed by atoms with Crippen LogP contribution >= 0.6 is 0 Å². The van der Waals surface area contributed by atoms with E-state index < -0.39 is 0 Å². The lowest BCUT2D eigenvalue weighted by Crippen LogP contribution is -2.37. The van der Waals surface area contributed by atoms with E-state index in [1.54, 1.807) is 13.0 Å². The highest BCUT2D eigenvalue weighted by Gasteiger charge is 2.24. The number of aryl methyl sites for hydroxylation is 1. The molecular weight excluding hydrogens is 530 g/mol. The Hall–Kier alpha value is -4.38. The summed E-state index contributed by atoms with van der Waals surface area (Å²) in [6.07, 6.45) is 3.61. The number of nitrogens with one attached hydrogen (secondary N) is 1. The van der Waals surface area contributed by atoms with E-state index in [2.05, 4.69) is 47.0 Å². The number of carbonyl (C=O) groups is 1. The minimum Gasteiger partial charge on any atom is -0.378 e. The Balaban J connectivity index is 1.46. The first-order chi connectivity index (χ1) is 20.4. The molecule has 0 unspecified atom stereocenters. The van der Waals surface area contributed by atoms with Crippen LogP contribution in [0, 0.1) is 0 Å². The second-order valence-corrected chi connectivity index (χ2v) is 10.4. The molecule has 0 bridgehead atoms. The average Bonchev–Trinajstić information content (AvgIpc) is 3.37. The summed E-state index contributed by atoms with van der Waals surface area (Å²) >= 11 is 0. The minimum atomic E-state index is 0.00579. The monoisotopic (exact) mass is 567 g/mol. The number of hydrogen-bond acceptors (Lipinski definition) is 9. The summed E-state index contributed by atoms with van der Waals surface area (Å²) in [6, 6.07) is 15.8. The van der Waals surface area contributed by atoms with Crippen LogP contribution in [-0.4, -0.2) is 68.8 Å². The molecule has 218 valence electrons. The van der Waals surface area contributed by atoms with Gasteiger partial charge in [-0.1, -0.05) is 55.1 Å². The number of rotatable bonds is 11. The molecule has 1 saturated heterocycles. The van der Waals surface area contributed by atoms with Gasteiger partial charge in [0.1, 0.15) is 5.82 Å². The molecular formula is C32H37N7O3. The Morgan fingerprint density at radius 3 is 2.57 bits per heavy atom. The predicted molar refractivity (Wildman–Crippen MR) is 164 cm³/mol. The first-order valence-corrected chi connectivity index (χ1v) is 14.1. The zero-order valence-electron chi connectivity index (χ0n) is 24.4. The van der Waals surface area contributed by atoms with Gasteiger partial charge >= 0.3 is 0 Å². The number of benzene rings is 2. The van der Waals surface area contributed by atoms with Gasteiger partial charge in [0.25, 0.3) is 0 Å². The lowest BCUT2D eigenvalue weighted by Gasteiger charge is -2.28. The maximum atomic E-state index is 12.1. The number of hydrogen-bond donors (Lipinski definition) is 2. The van der Waals surface area contributed by atoms with Crippen LogP contribution in [0.25, 0.3) is 28.6 Å². The molecule has 1 fully saturated rings. The summed E-state index contributed by atoms with van der Waals surface area (Å²) in [7, 11) is 2.08. The van der Waals surface area contributed by atoms with E-state index in [4.69, 9.17) is 24.9 Å². The Labute approximate surface area is 245 Å². The van der Waals surface area contributed by atoms with Gasteiger partial charge in [0.15, 0.2) is 28.6 Å². The molecule has 0 spiro atoms.